The summed E-state index contributed by atoms with van der Waals surface area (Å²) >= 11 is 6.01. The molecule has 1 N–H and O–H groups in total. The van der Waals surface area contributed by atoms with Gasteiger partial charge in [0.05, 0.1) is 7.05 Å². The molecule has 0 amide bonds. The Labute approximate surface area is 159 Å². The Morgan fingerprint density at radius 2 is 1.83 bits per heavy atom. The summed E-state index contributed by atoms with van der Waals surface area (Å²) in [6.07, 6.45) is -0.775. The van der Waals surface area contributed by atoms with E-state index in [1.807, 2.05) is 36.4 Å². The molecule has 0 bridgehead atoms. The largest absolute Gasteiger partial charge is 1.00 e. The third kappa shape index (κ3) is 3.65. The fourth-order valence-electron chi connectivity index (χ4n) is 3.29. The molecule has 0 aromatic heterocycles. The van der Waals surface area contributed by atoms with E-state index in [9.17, 15) is 5.11 Å². The zero-order chi connectivity index (χ0) is 15.7. The summed E-state index contributed by atoms with van der Waals surface area (Å²) in [7, 11) is 2.14. The Kier molecular flexibility index (Phi) is 5.94. The van der Waals surface area contributed by atoms with Gasteiger partial charge in [0, 0.05) is 5.02 Å². The second-order valence-electron chi connectivity index (χ2n) is 6.13. The highest BCUT2D eigenvalue weighted by Crippen LogP contribution is 2.34. The summed E-state index contributed by atoms with van der Waals surface area (Å²) in [5.41, 5.74) is 1.19. The number of aliphatic hydroxyl groups excluding tert-OH is 1. The van der Waals surface area contributed by atoms with Gasteiger partial charge < -0.3 is 33.8 Å². The van der Waals surface area contributed by atoms with Crippen LogP contribution in [0.2, 0.25) is 5.02 Å². The van der Waals surface area contributed by atoms with E-state index in [0.717, 1.165) is 0 Å². The number of hydrogen-bond acceptors (Lipinski definition) is 2. The lowest BCUT2D eigenvalue weighted by atomic mass is 10.1. The van der Waals surface area contributed by atoms with E-state index in [-0.39, 0.29) is 36.1 Å². The average molecular weight is 446 g/mol. The Bertz CT molecular complexity index is 654. The number of hydrogen-bond donors (Lipinski definition) is 1. The maximum absolute atomic E-state index is 10.5. The van der Waals surface area contributed by atoms with E-state index >= 15 is 0 Å². The van der Waals surface area contributed by atoms with Crippen molar-refractivity contribution < 1.29 is 33.8 Å². The molecule has 1 fully saturated rings. The summed E-state index contributed by atoms with van der Waals surface area (Å²) in [4.78, 5) is 0. The lowest BCUT2D eigenvalue weighted by Crippen LogP contribution is -3.00. The number of quaternary nitrogens is 1. The van der Waals surface area contributed by atoms with Crippen molar-refractivity contribution in [2.24, 2.45) is 0 Å². The fourth-order valence-corrected chi connectivity index (χ4v) is 3.47. The molecule has 3 rings (SSSR count). The Morgan fingerprint density at radius 1 is 1.13 bits per heavy atom. The second kappa shape index (κ2) is 7.38. The van der Waals surface area contributed by atoms with Crippen LogP contribution in [0.1, 0.15) is 6.92 Å². The Hall–Kier alpha value is -0.820. The van der Waals surface area contributed by atoms with Crippen molar-refractivity contribution in [2.45, 2.75) is 25.2 Å². The van der Waals surface area contributed by atoms with Crippen LogP contribution in [0.3, 0.4) is 0 Å². The first kappa shape index (κ1) is 18.5. The number of benzene rings is 2. The number of rotatable bonds is 3. The van der Waals surface area contributed by atoms with E-state index in [1.165, 1.54) is 5.69 Å². The van der Waals surface area contributed by atoms with Crippen molar-refractivity contribution in [3.05, 3.63) is 59.6 Å². The molecule has 2 aromatic rings. The number of ether oxygens (including phenoxy) is 1. The highest BCUT2D eigenvalue weighted by molar-refractivity contribution is 6.30. The summed E-state index contributed by atoms with van der Waals surface area (Å²) in [5, 5.41) is 11.2. The molecule has 2 aromatic carbocycles. The van der Waals surface area contributed by atoms with Gasteiger partial charge in [0.25, 0.3) is 0 Å². The molecule has 0 spiro atoms. The van der Waals surface area contributed by atoms with Gasteiger partial charge in [-0.15, -0.1) is 0 Å². The molecule has 1 saturated heterocycles. The normalized spacial score (nSPS) is 29.8. The van der Waals surface area contributed by atoms with Crippen LogP contribution in [0, 0.1) is 0 Å². The number of nitrogens with zero attached hydrogens (tertiary/aromatic N) is 1. The first-order chi connectivity index (χ1) is 10.5. The summed E-state index contributed by atoms with van der Waals surface area (Å²) in [6.45, 7) is 2.76. The minimum Gasteiger partial charge on any atom is -1.00 e. The number of halogens is 2. The number of likely N-dealkylation sites (N-methyl/N-ethyl adjacent to an activating group) is 1. The van der Waals surface area contributed by atoms with Crippen molar-refractivity contribution in [3.63, 3.8) is 0 Å². The van der Waals surface area contributed by atoms with Crippen LogP contribution in [0.5, 0.6) is 5.75 Å². The summed E-state index contributed by atoms with van der Waals surface area (Å²) < 4.78 is 6.71. The third-order valence-corrected chi connectivity index (χ3v) is 4.97. The van der Waals surface area contributed by atoms with E-state index in [1.54, 1.807) is 6.07 Å². The lowest BCUT2D eigenvalue weighted by Gasteiger charge is -2.34. The van der Waals surface area contributed by atoms with Crippen LogP contribution in [-0.4, -0.2) is 36.9 Å². The minimum absolute atomic E-state index is 0. The highest BCUT2D eigenvalue weighted by atomic mass is 127. The van der Waals surface area contributed by atoms with Gasteiger partial charge >= 0.3 is 0 Å². The maximum Gasteiger partial charge on any atom is 0.181 e. The predicted molar refractivity (Wildman–Crippen MR) is 90.4 cm³/mol. The number of likely N-dealkylation sites (tertiary alicyclic amines) is 1. The van der Waals surface area contributed by atoms with E-state index in [2.05, 4.69) is 26.1 Å². The van der Waals surface area contributed by atoms with Gasteiger partial charge in [-0.1, -0.05) is 35.9 Å². The van der Waals surface area contributed by atoms with Crippen LogP contribution in [-0.2, 0) is 0 Å². The Balaban J connectivity index is 0.00000192. The first-order valence-electron chi connectivity index (χ1n) is 7.52. The topological polar surface area (TPSA) is 29.5 Å². The van der Waals surface area contributed by atoms with Gasteiger partial charge in [-0.2, -0.15) is 0 Å². The predicted octanol–water partition coefficient (Wildman–Crippen LogP) is 0.492. The molecule has 4 atom stereocenters. The van der Waals surface area contributed by atoms with E-state index in [4.69, 9.17) is 16.3 Å². The average Bonchev–Trinajstić information content (AvgIpc) is 2.73. The van der Waals surface area contributed by atoms with Gasteiger partial charge in [0.15, 0.2) is 6.10 Å². The molecule has 23 heavy (non-hydrogen) atoms. The van der Waals surface area contributed by atoms with Crippen LogP contribution in [0.15, 0.2) is 54.6 Å². The maximum atomic E-state index is 10.5. The summed E-state index contributed by atoms with van der Waals surface area (Å²) in [5.74, 6) is 0.699. The van der Waals surface area contributed by atoms with Gasteiger partial charge in [-0.25, -0.2) is 0 Å². The minimum atomic E-state index is -0.515. The Morgan fingerprint density at radius 3 is 2.48 bits per heavy atom. The monoisotopic (exact) mass is 445 g/mol. The van der Waals surface area contributed by atoms with Gasteiger partial charge in [0.1, 0.15) is 30.1 Å². The lowest BCUT2D eigenvalue weighted by molar-refractivity contribution is -0.00000639. The standard InChI is InChI=1S/C18H21ClNO2.HI/c1-13-18(22-16-10-6-7-14(19)11-16)17(21)12-20(13,2)15-8-4-3-5-9-15;/h3-11,13,17-18,21H,12H2,1-2H3;1H/q+1;/p-1. The molecule has 1 heterocycles. The molecule has 0 saturated carbocycles. The first-order valence-corrected chi connectivity index (χ1v) is 7.89. The number of para-hydroxylation sites is 1. The van der Waals surface area contributed by atoms with Crippen LogP contribution >= 0.6 is 11.6 Å². The molecule has 3 nitrogen and oxygen atoms in total. The van der Waals surface area contributed by atoms with Gasteiger partial charge in [-0.3, -0.25) is 4.48 Å². The van der Waals surface area contributed by atoms with Crippen molar-refractivity contribution in [1.82, 2.24) is 4.48 Å². The zero-order valence-electron chi connectivity index (χ0n) is 13.2. The molecular weight excluding hydrogens is 425 g/mol. The fraction of sp³-hybridized carbons (Fsp3) is 0.333. The van der Waals surface area contributed by atoms with Crippen molar-refractivity contribution in [2.75, 3.05) is 13.6 Å². The van der Waals surface area contributed by atoms with Crippen LogP contribution < -0.4 is 33.2 Å². The molecule has 124 valence electrons. The molecular formula is C18H21ClINO2. The quantitative estimate of drug-likeness (QED) is 0.551. The van der Waals surface area contributed by atoms with Crippen molar-refractivity contribution in [1.29, 1.82) is 0 Å². The molecule has 1 aliphatic rings. The van der Waals surface area contributed by atoms with Crippen molar-refractivity contribution in [3.8, 4) is 5.75 Å². The van der Waals surface area contributed by atoms with E-state index < -0.39 is 6.10 Å². The summed E-state index contributed by atoms with van der Waals surface area (Å²) in [6, 6.07) is 17.7. The SMILES string of the molecule is CC1C(Oc2cccc(Cl)c2)C(O)C[N+]1(C)c1ccccc1.[I-]. The van der Waals surface area contributed by atoms with Gasteiger partial charge in [-0.05, 0) is 37.3 Å². The zero-order valence-corrected chi connectivity index (χ0v) is 16.1. The van der Waals surface area contributed by atoms with E-state index in [0.29, 0.717) is 21.8 Å². The molecule has 0 radical (unpaired) electrons. The molecule has 4 unspecified atom stereocenters. The van der Waals surface area contributed by atoms with Gasteiger partial charge in [0.2, 0.25) is 0 Å². The second-order valence-corrected chi connectivity index (χ2v) is 6.57. The van der Waals surface area contributed by atoms with Crippen LogP contribution in [0.25, 0.3) is 0 Å². The number of aliphatic hydroxyl groups is 1. The molecule has 1 aliphatic heterocycles. The van der Waals surface area contributed by atoms with Crippen molar-refractivity contribution >= 4 is 17.3 Å². The molecule has 5 heteroatoms. The third-order valence-electron chi connectivity index (χ3n) is 4.73. The molecule has 0 aliphatic carbocycles. The smallest absolute Gasteiger partial charge is 0.181 e. The van der Waals surface area contributed by atoms with Crippen LogP contribution in [0.4, 0.5) is 5.69 Å². The highest BCUT2D eigenvalue weighted by Gasteiger charge is 2.51.